The lowest BCUT2D eigenvalue weighted by Crippen LogP contribution is -2.75. The third-order valence-electron chi connectivity index (χ3n) is 5.51. The van der Waals surface area contributed by atoms with Crippen molar-refractivity contribution < 1.29 is 9.53 Å². The first-order chi connectivity index (χ1) is 11.4. The predicted molar refractivity (Wildman–Crippen MR) is 105 cm³/mol. The highest BCUT2D eigenvalue weighted by Crippen LogP contribution is 2.49. The summed E-state index contributed by atoms with van der Waals surface area (Å²) in [6.07, 6.45) is 5.02. The van der Waals surface area contributed by atoms with Crippen LogP contribution in [0.5, 0.6) is 0 Å². The molecule has 3 N–H and O–H groups in total. The van der Waals surface area contributed by atoms with Gasteiger partial charge in [0, 0.05) is 25.0 Å². The van der Waals surface area contributed by atoms with Crippen LogP contribution in [0.2, 0.25) is 0 Å². The van der Waals surface area contributed by atoms with Gasteiger partial charge in [-0.3, -0.25) is 4.79 Å². The molecule has 0 radical (unpaired) electrons. The lowest BCUT2D eigenvalue weighted by Gasteiger charge is -2.57. The molecule has 142 valence electrons. The summed E-state index contributed by atoms with van der Waals surface area (Å²) in [6, 6.07) is 10.5. The van der Waals surface area contributed by atoms with Gasteiger partial charge in [0.2, 0.25) is 5.91 Å². The number of hydrogen-bond acceptors (Lipinski definition) is 3. The summed E-state index contributed by atoms with van der Waals surface area (Å²) in [6.45, 7) is 7.38. The number of carbonyl (C=O) groups excluding carboxylic acids is 1. The highest BCUT2D eigenvalue weighted by atomic mass is 35.5. The lowest BCUT2D eigenvalue weighted by atomic mass is 9.54. The first kappa shape index (κ1) is 21.9. The number of nitrogens with one attached hydrogen (secondary N) is 1. The van der Waals surface area contributed by atoms with Gasteiger partial charge >= 0.3 is 0 Å². The van der Waals surface area contributed by atoms with Crippen LogP contribution in [0.1, 0.15) is 52.0 Å². The number of rotatable bonds is 9. The standard InChI is InChI=1S/C20H32N2O2.ClH/c1-4-24-17-15-20(21,19(17,2)3)18(23)22-14-10-6-9-13-16-11-7-5-8-12-16;/h5,7-8,11-12,17H,4,6,9-10,13-15,21H2,1-3H3,(H,22,23);1H. The number of nitrogens with two attached hydrogens (primary N) is 1. The van der Waals surface area contributed by atoms with Gasteiger partial charge < -0.3 is 15.8 Å². The van der Waals surface area contributed by atoms with Crippen molar-refractivity contribution in [2.24, 2.45) is 11.1 Å². The number of halogens is 1. The molecule has 1 aromatic carbocycles. The first-order valence-electron chi connectivity index (χ1n) is 9.14. The highest BCUT2D eigenvalue weighted by molar-refractivity contribution is 5.88. The van der Waals surface area contributed by atoms with Crippen molar-refractivity contribution in [3.63, 3.8) is 0 Å². The van der Waals surface area contributed by atoms with E-state index in [-0.39, 0.29) is 29.8 Å². The molecule has 1 aromatic rings. The minimum absolute atomic E-state index is 0. The summed E-state index contributed by atoms with van der Waals surface area (Å²) in [5.41, 5.74) is 6.62. The summed E-state index contributed by atoms with van der Waals surface area (Å²) in [5.74, 6) is -0.0356. The van der Waals surface area contributed by atoms with Crippen LogP contribution in [-0.4, -0.2) is 30.7 Å². The Bertz CT molecular complexity index is 536. The van der Waals surface area contributed by atoms with E-state index < -0.39 is 5.54 Å². The van der Waals surface area contributed by atoms with E-state index in [1.165, 1.54) is 5.56 Å². The maximum absolute atomic E-state index is 12.5. The quantitative estimate of drug-likeness (QED) is 0.656. The molecular formula is C20H33ClN2O2. The molecule has 0 spiro atoms. The fourth-order valence-corrected chi connectivity index (χ4v) is 3.46. The molecule has 2 unspecified atom stereocenters. The van der Waals surface area contributed by atoms with Gasteiger partial charge in [-0.2, -0.15) is 0 Å². The Labute approximate surface area is 158 Å². The van der Waals surface area contributed by atoms with Gasteiger partial charge in [0.15, 0.2) is 0 Å². The van der Waals surface area contributed by atoms with Gasteiger partial charge in [-0.1, -0.05) is 50.6 Å². The second-order valence-corrected chi connectivity index (χ2v) is 7.39. The molecule has 5 heteroatoms. The molecule has 25 heavy (non-hydrogen) atoms. The monoisotopic (exact) mass is 368 g/mol. The van der Waals surface area contributed by atoms with Gasteiger partial charge in [0.1, 0.15) is 5.54 Å². The summed E-state index contributed by atoms with van der Waals surface area (Å²) >= 11 is 0. The van der Waals surface area contributed by atoms with Crippen molar-refractivity contribution in [1.82, 2.24) is 5.32 Å². The predicted octanol–water partition coefficient (Wildman–Crippen LogP) is 3.47. The van der Waals surface area contributed by atoms with Crippen LogP contribution >= 0.6 is 12.4 Å². The third kappa shape index (κ3) is 4.96. The largest absolute Gasteiger partial charge is 0.378 e. The van der Waals surface area contributed by atoms with Crippen LogP contribution in [0.4, 0.5) is 0 Å². The van der Waals surface area contributed by atoms with Gasteiger partial charge in [0.05, 0.1) is 6.10 Å². The van der Waals surface area contributed by atoms with E-state index in [1.807, 2.05) is 26.8 Å². The van der Waals surface area contributed by atoms with Gasteiger partial charge in [-0.15, -0.1) is 12.4 Å². The fraction of sp³-hybridized carbons (Fsp3) is 0.650. The maximum atomic E-state index is 12.5. The maximum Gasteiger partial charge on any atom is 0.240 e. The van der Waals surface area contributed by atoms with Crippen LogP contribution in [0, 0.1) is 5.41 Å². The average molecular weight is 369 g/mol. The lowest BCUT2D eigenvalue weighted by molar-refractivity contribution is -0.170. The minimum Gasteiger partial charge on any atom is -0.378 e. The van der Waals surface area contributed by atoms with Crippen LogP contribution < -0.4 is 11.1 Å². The van der Waals surface area contributed by atoms with Crippen molar-refractivity contribution in [3.05, 3.63) is 35.9 Å². The smallest absolute Gasteiger partial charge is 0.240 e. The van der Waals surface area contributed by atoms with Crippen molar-refractivity contribution >= 4 is 18.3 Å². The minimum atomic E-state index is -0.809. The molecule has 1 aliphatic rings. The second-order valence-electron chi connectivity index (χ2n) is 7.39. The Morgan fingerprint density at radius 3 is 2.52 bits per heavy atom. The summed E-state index contributed by atoms with van der Waals surface area (Å²) in [7, 11) is 0. The molecule has 0 bridgehead atoms. The summed E-state index contributed by atoms with van der Waals surface area (Å²) < 4.78 is 5.68. The Morgan fingerprint density at radius 2 is 1.92 bits per heavy atom. The zero-order chi connectivity index (χ0) is 17.6. The van der Waals surface area contributed by atoms with Crippen LogP contribution in [-0.2, 0) is 16.0 Å². The SMILES string of the molecule is CCOC1CC(N)(C(=O)NCCCCCc2ccccc2)C1(C)C.Cl. The van der Waals surface area contributed by atoms with Crippen LogP contribution in [0.15, 0.2) is 30.3 Å². The first-order valence-corrected chi connectivity index (χ1v) is 9.14. The normalized spacial score (nSPS) is 24.1. The topological polar surface area (TPSA) is 64.3 Å². The molecule has 0 saturated heterocycles. The number of hydrogen-bond donors (Lipinski definition) is 2. The van der Waals surface area contributed by atoms with Crippen molar-refractivity contribution in [3.8, 4) is 0 Å². The summed E-state index contributed by atoms with van der Waals surface area (Å²) in [4.78, 5) is 12.5. The van der Waals surface area contributed by atoms with Crippen LogP contribution in [0.3, 0.4) is 0 Å². The number of aryl methyl sites for hydroxylation is 1. The molecule has 1 aliphatic carbocycles. The molecule has 0 aliphatic heterocycles. The molecular weight excluding hydrogens is 336 g/mol. The van der Waals surface area contributed by atoms with E-state index in [0.29, 0.717) is 19.6 Å². The van der Waals surface area contributed by atoms with Gasteiger partial charge in [-0.05, 0) is 31.7 Å². The zero-order valence-corrected chi connectivity index (χ0v) is 16.5. The number of amides is 1. The van der Waals surface area contributed by atoms with E-state index in [2.05, 4.69) is 29.6 Å². The Morgan fingerprint density at radius 1 is 1.24 bits per heavy atom. The van der Waals surface area contributed by atoms with Gasteiger partial charge in [-0.25, -0.2) is 0 Å². The second kappa shape index (κ2) is 9.56. The van der Waals surface area contributed by atoms with Crippen molar-refractivity contribution in [1.29, 1.82) is 0 Å². The molecule has 1 saturated carbocycles. The van der Waals surface area contributed by atoms with E-state index in [1.54, 1.807) is 0 Å². The Balaban J connectivity index is 0.00000312. The molecule has 2 rings (SSSR count). The Hall–Kier alpha value is -1.10. The number of benzene rings is 1. The van der Waals surface area contributed by atoms with E-state index in [9.17, 15) is 4.79 Å². The summed E-state index contributed by atoms with van der Waals surface area (Å²) in [5, 5.41) is 3.02. The molecule has 2 atom stereocenters. The third-order valence-corrected chi connectivity index (χ3v) is 5.51. The van der Waals surface area contributed by atoms with E-state index in [4.69, 9.17) is 10.5 Å². The van der Waals surface area contributed by atoms with Crippen molar-refractivity contribution in [2.75, 3.05) is 13.2 Å². The Kier molecular flexibility index (Phi) is 8.39. The number of carbonyl (C=O) groups is 1. The van der Waals surface area contributed by atoms with E-state index >= 15 is 0 Å². The van der Waals surface area contributed by atoms with E-state index in [0.717, 1.165) is 25.7 Å². The molecule has 1 amide bonds. The molecule has 0 heterocycles. The number of ether oxygens (including phenoxy) is 1. The zero-order valence-electron chi connectivity index (χ0n) is 15.7. The molecule has 0 aromatic heterocycles. The molecule has 1 fully saturated rings. The average Bonchev–Trinajstić information content (AvgIpc) is 2.58. The van der Waals surface area contributed by atoms with Gasteiger partial charge in [0.25, 0.3) is 0 Å². The highest BCUT2D eigenvalue weighted by Gasteiger charge is 2.62. The van der Waals surface area contributed by atoms with Crippen LogP contribution in [0.25, 0.3) is 0 Å². The fourth-order valence-electron chi connectivity index (χ4n) is 3.46. The molecule has 4 nitrogen and oxygen atoms in total. The number of unbranched alkanes of at least 4 members (excludes halogenated alkanes) is 2. The van der Waals surface area contributed by atoms with Crippen molar-refractivity contribution in [2.45, 2.75) is 64.5 Å².